The molecule has 1 aromatic rings. The van der Waals surface area contributed by atoms with Crippen molar-refractivity contribution in [2.45, 2.75) is 69.7 Å². The molecule has 5 heteroatoms. The highest BCUT2D eigenvalue weighted by atomic mass is 16.2. The maximum Gasteiger partial charge on any atom is 0.291 e. The first-order chi connectivity index (χ1) is 9.33. The number of amides is 1. The van der Waals surface area contributed by atoms with Crippen LogP contribution < -0.4 is 5.32 Å². The second-order valence-corrected chi connectivity index (χ2v) is 5.83. The molecule has 1 amide bonds. The highest BCUT2D eigenvalue weighted by Gasteiger charge is 2.28. The zero-order chi connectivity index (χ0) is 13.1. The number of hydrogen-bond acceptors (Lipinski definition) is 3. The van der Waals surface area contributed by atoms with Crippen molar-refractivity contribution in [1.82, 2.24) is 20.5 Å². The summed E-state index contributed by atoms with van der Waals surface area (Å²) in [4.78, 5) is 16.4. The van der Waals surface area contributed by atoms with E-state index in [9.17, 15) is 4.79 Å². The summed E-state index contributed by atoms with van der Waals surface area (Å²) in [7, 11) is 0. The van der Waals surface area contributed by atoms with Crippen LogP contribution in [0.4, 0.5) is 0 Å². The van der Waals surface area contributed by atoms with Crippen LogP contribution in [-0.2, 0) is 0 Å². The zero-order valence-electron chi connectivity index (χ0n) is 11.3. The quantitative estimate of drug-likeness (QED) is 0.879. The van der Waals surface area contributed by atoms with Crippen molar-refractivity contribution in [3.63, 3.8) is 0 Å². The van der Waals surface area contributed by atoms with Crippen LogP contribution in [0.15, 0.2) is 0 Å². The van der Waals surface area contributed by atoms with Gasteiger partial charge in [0.05, 0.1) is 0 Å². The van der Waals surface area contributed by atoms with Crippen LogP contribution in [0, 0.1) is 0 Å². The molecule has 0 radical (unpaired) electrons. The largest absolute Gasteiger partial charge is 0.347 e. The summed E-state index contributed by atoms with van der Waals surface area (Å²) in [6.45, 7) is 0. The predicted molar refractivity (Wildman–Crippen MR) is 71.9 cm³/mol. The molecule has 2 aliphatic carbocycles. The average Bonchev–Trinajstić information content (AvgIpc) is 3.10. The van der Waals surface area contributed by atoms with Crippen molar-refractivity contribution in [1.29, 1.82) is 0 Å². The van der Waals surface area contributed by atoms with Gasteiger partial charge in [0.15, 0.2) is 0 Å². The third-order valence-electron chi connectivity index (χ3n) is 4.11. The molecule has 104 valence electrons. The summed E-state index contributed by atoms with van der Waals surface area (Å²) in [6, 6.07) is 0.302. The lowest BCUT2D eigenvalue weighted by molar-refractivity contribution is 0.0920. The van der Waals surface area contributed by atoms with E-state index in [-0.39, 0.29) is 5.91 Å². The number of nitrogens with zero attached hydrogens (tertiary/aromatic N) is 2. The molecule has 0 bridgehead atoms. The van der Waals surface area contributed by atoms with Crippen LogP contribution in [0.2, 0.25) is 0 Å². The fraction of sp³-hybridized carbons (Fsp3) is 0.786. The summed E-state index contributed by atoms with van der Waals surface area (Å²) in [6.07, 6.45) is 10.9. The van der Waals surface area contributed by atoms with Gasteiger partial charge in [-0.1, -0.05) is 32.1 Å². The van der Waals surface area contributed by atoms with E-state index in [1.165, 1.54) is 44.9 Å². The monoisotopic (exact) mass is 262 g/mol. The van der Waals surface area contributed by atoms with Gasteiger partial charge in [-0.05, 0) is 25.7 Å². The molecule has 3 rings (SSSR count). The van der Waals surface area contributed by atoms with E-state index in [2.05, 4.69) is 20.5 Å². The maximum atomic E-state index is 12.1. The molecule has 2 fully saturated rings. The van der Waals surface area contributed by atoms with E-state index in [1.807, 2.05) is 0 Å². The van der Waals surface area contributed by atoms with Gasteiger partial charge in [-0.15, -0.1) is 5.10 Å². The molecule has 0 unspecified atom stereocenters. The Morgan fingerprint density at radius 2 is 1.74 bits per heavy atom. The lowest BCUT2D eigenvalue weighted by atomic mass is 9.97. The van der Waals surface area contributed by atoms with Gasteiger partial charge in [0.25, 0.3) is 5.91 Å². The van der Waals surface area contributed by atoms with Gasteiger partial charge >= 0.3 is 0 Å². The number of nitrogens with one attached hydrogen (secondary N) is 2. The Balaban J connectivity index is 1.56. The molecular weight excluding hydrogens is 240 g/mol. The highest BCUT2D eigenvalue weighted by Crippen LogP contribution is 2.37. The Morgan fingerprint density at radius 3 is 2.42 bits per heavy atom. The third-order valence-corrected chi connectivity index (χ3v) is 4.11. The molecule has 1 aromatic heterocycles. The van der Waals surface area contributed by atoms with E-state index in [0.717, 1.165) is 18.7 Å². The number of aromatic nitrogens is 3. The van der Waals surface area contributed by atoms with Crippen molar-refractivity contribution >= 4 is 5.91 Å². The van der Waals surface area contributed by atoms with Crippen molar-refractivity contribution in [3.8, 4) is 0 Å². The fourth-order valence-corrected chi connectivity index (χ4v) is 2.77. The lowest BCUT2D eigenvalue weighted by Crippen LogP contribution is -2.35. The van der Waals surface area contributed by atoms with Crippen LogP contribution in [0.1, 0.15) is 80.1 Å². The number of rotatable bonds is 3. The molecule has 1 heterocycles. The first kappa shape index (κ1) is 12.6. The number of carbonyl (C=O) groups is 1. The van der Waals surface area contributed by atoms with Crippen molar-refractivity contribution in [3.05, 3.63) is 11.6 Å². The Labute approximate surface area is 113 Å². The second-order valence-electron chi connectivity index (χ2n) is 5.83. The molecule has 2 saturated carbocycles. The molecule has 0 saturated heterocycles. The van der Waals surface area contributed by atoms with Gasteiger partial charge in [0, 0.05) is 12.0 Å². The summed E-state index contributed by atoms with van der Waals surface area (Å²) in [5.74, 6) is 1.58. The highest BCUT2D eigenvalue weighted by molar-refractivity contribution is 5.90. The number of carbonyl (C=O) groups excluding carboxylic acids is 1. The van der Waals surface area contributed by atoms with Crippen molar-refractivity contribution < 1.29 is 4.79 Å². The summed E-state index contributed by atoms with van der Waals surface area (Å²) < 4.78 is 0. The minimum atomic E-state index is -0.117. The smallest absolute Gasteiger partial charge is 0.291 e. The van der Waals surface area contributed by atoms with Gasteiger partial charge in [0.2, 0.25) is 5.82 Å². The molecule has 5 nitrogen and oxygen atoms in total. The van der Waals surface area contributed by atoms with Crippen LogP contribution in [-0.4, -0.2) is 27.1 Å². The van der Waals surface area contributed by atoms with Gasteiger partial charge < -0.3 is 5.32 Å². The molecule has 0 spiro atoms. The molecule has 0 atom stereocenters. The molecule has 0 aromatic carbocycles. The van der Waals surface area contributed by atoms with E-state index in [1.54, 1.807) is 0 Å². The molecule has 2 aliphatic rings. The maximum absolute atomic E-state index is 12.1. The number of H-pyrrole nitrogens is 1. The lowest BCUT2D eigenvalue weighted by Gasteiger charge is -2.20. The van der Waals surface area contributed by atoms with E-state index >= 15 is 0 Å². The number of aromatic amines is 1. The Bertz CT molecular complexity index is 430. The van der Waals surface area contributed by atoms with Crippen molar-refractivity contribution in [2.24, 2.45) is 0 Å². The van der Waals surface area contributed by atoms with Crippen molar-refractivity contribution in [2.75, 3.05) is 0 Å². The molecule has 0 aliphatic heterocycles. The number of hydrogen-bond donors (Lipinski definition) is 2. The van der Waals surface area contributed by atoms with Crippen LogP contribution >= 0.6 is 0 Å². The predicted octanol–water partition coefficient (Wildman–Crippen LogP) is 2.52. The first-order valence-corrected chi connectivity index (χ1v) is 7.56. The normalized spacial score (nSPS) is 21.7. The minimum absolute atomic E-state index is 0.117. The van der Waals surface area contributed by atoms with Crippen LogP contribution in [0.25, 0.3) is 0 Å². The minimum Gasteiger partial charge on any atom is -0.347 e. The summed E-state index contributed by atoms with van der Waals surface area (Å²) >= 11 is 0. The molecular formula is C14H22N4O. The third kappa shape index (κ3) is 3.33. The van der Waals surface area contributed by atoms with E-state index < -0.39 is 0 Å². The average molecular weight is 262 g/mol. The molecule has 2 N–H and O–H groups in total. The SMILES string of the molecule is O=C(NC1CCCCCCC1)c1n[nH]c(C2CC2)n1. The van der Waals surface area contributed by atoms with E-state index in [4.69, 9.17) is 0 Å². The topological polar surface area (TPSA) is 70.7 Å². The van der Waals surface area contributed by atoms with Crippen LogP contribution in [0.5, 0.6) is 0 Å². The summed E-state index contributed by atoms with van der Waals surface area (Å²) in [5, 5.41) is 10.0. The Kier molecular flexibility index (Phi) is 3.80. The van der Waals surface area contributed by atoms with Gasteiger partial charge in [-0.3, -0.25) is 9.89 Å². The summed E-state index contributed by atoms with van der Waals surface area (Å²) in [5.41, 5.74) is 0. The Hall–Kier alpha value is -1.39. The van der Waals surface area contributed by atoms with E-state index in [0.29, 0.717) is 17.8 Å². The zero-order valence-corrected chi connectivity index (χ0v) is 11.3. The van der Waals surface area contributed by atoms with Gasteiger partial charge in [-0.2, -0.15) is 0 Å². The van der Waals surface area contributed by atoms with Gasteiger partial charge in [0.1, 0.15) is 5.82 Å². The Morgan fingerprint density at radius 1 is 1.05 bits per heavy atom. The first-order valence-electron chi connectivity index (χ1n) is 7.56. The fourth-order valence-electron chi connectivity index (χ4n) is 2.77. The standard InChI is InChI=1S/C14H22N4O/c19-14(13-16-12(17-18-13)10-8-9-10)15-11-6-4-2-1-3-5-7-11/h10-11H,1-9H2,(H,15,19)(H,16,17,18). The second kappa shape index (κ2) is 5.72. The molecule has 19 heavy (non-hydrogen) atoms. The van der Waals surface area contributed by atoms with Gasteiger partial charge in [-0.25, -0.2) is 4.98 Å². The van der Waals surface area contributed by atoms with Crippen LogP contribution in [0.3, 0.4) is 0 Å².